The van der Waals surface area contributed by atoms with Gasteiger partial charge in [-0.25, -0.2) is 35.1 Å². The first-order chi connectivity index (χ1) is 19.7. The van der Waals surface area contributed by atoms with Gasteiger partial charge in [-0.2, -0.15) is 8.78 Å². The van der Waals surface area contributed by atoms with Crippen molar-refractivity contribution in [3.63, 3.8) is 0 Å². The van der Waals surface area contributed by atoms with Gasteiger partial charge < -0.3 is 4.74 Å². The van der Waals surface area contributed by atoms with Crippen LogP contribution in [-0.4, -0.2) is 4.98 Å². The summed E-state index contributed by atoms with van der Waals surface area (Å²) >= 11 is 0. The largest absolute Gasteiger partial charge is 0.432 e. The lowest BCUT2D eigenvalue weighted by Gasteiger charge is -2.20. The summed E-state index contributed by atoms with van der Waals surface area (Å²) in [5.41, 5.74) is -2.49. The van der Waals surface area contributed by atoms with Crippen LogP contribution in [0.3, 0.4) is 0 Å². The molecule has 3 aromatic rings. The van der Waals surface area contributed by atoms with E-state index in [1.807, 2.05) is 6.92 Å². The highest BCUT2D eigenvalue weighted by Gasteiger charge is 2.42. The first kappa shape index (κ1) is 32.2. The van der Waals surface area contributed by atoms with Crippen LogP contribution in [0.2, 0.25) is 0 Å². The number of aromatic nitrogens is 1. The average Bonchev–Trinajstić information content (AvgIpc) is 2.90. The smallest absolute Gasteiger partial charge is 0.429 e. The van der Waals surface area contributed by atoms with Crippen molar-refractivity contribution in [2.45, 2.75) is 32.3 Å². The van der Waals surface area contributed by atoms with Gasteiger partial charge in [0.1, 0.15) is 34.6 Å². The van der Waals surface area contributed by atoms with Gasteiger partial charge in [0.25, 0.3) is 0 Å². The van der Waals surface area contributed by atoms with Crippen LogP contribution in [0.1, 0.15) is 35.2 Å². The monoisotopic (exact) mass is 601 g/mol. The molecule has 0 saturated carbocycles. The number of nitrogens with zero attached hydrogens (tertiary/aromatic N) is 1. The highest BCUT2D eigenvalue weighted by atomic mass is 19.3. The number of rotatable bonds is 11. The lowest BCUT2D eigenvalue weighted by atomic mass is 9.99. The second-order valence-corrected chi connectivity index (χ2v) is 8.83. The molecule has 1 aromatic heterocycles. The molecule has 0 amide bonds. The molecule has 0 aliphatic rings. The summed E-state index contributed by atoms with van der Waals surface area (Å²) in [7, 11) is 0. The van der Waals surface area contributed by atoms with Crippen molar-refractivity contribution in [3.05, 3.63) is 136 Å². The quantitative estimate of drug-likeness (QED) is 0.124. The van der Waals surface area contributed by atoms with Gasteiger partial charge in [-0.05, 0) is 60.9 Å². The van der Waals surface area contributed by atoms with Crippen molar-refractivity contribution in [1.82, 2.24) is 4.98 Å². The standard InChI is InChI=1S/C30H21F10NO/c1-3-21(32)27(22(33)6-4-5-18(31)8-10-19-9-7-16(2)15-41-19)17-11-23(34)28(24(35)12-17)30(39,40)42-20-13-25(36)29(38)26(37)14-20/h3,6-9,11-15H,1,4-5,10H2,2H3/b18-8+,22-6+,27-21+. The van der Waals surface area contributed by atoms with Crippen molar-refractivity contribution in [1.29, 1.82) is 0 Å². The van der Waals surface area contributed by atoms with Gasteiger partial charge in [0.15, 0.2) is 17.5 Å². The molecule has 1 heterocycles. The van der Waals surface area contributed by atoms with Crippen LogP contribution >= 0.6 is 0 Å². The predicted molar refractivity (Wildman–Crippen MR) is 136 cm³/mol. The van der Waals surface area contributed by atoms with Crippen LogP contribution in [0.15, 0.2) is 84.9 Å². The molecule has 0 unspecified atom stereocenters. The third-order valence-electron chi connectivity index (χ3n) is 5.69. The minimum absolute atomic E-state index is 0.0222. The first-order valence-corrected chi connectivity index (χ1v) is 12.1. The summed E-state index contributed by atoms with van der Waals surface area (Å²) < 4.78 is 146. The molecule has 3 rings (SSSR count). The van der Waals surface area contributed by atoms with E-state index in [1.165, 1.54) is 6.08 Å². The van der Waals surface area contributed by atoms with E-state index in [0.29, 0.717) is 11.8 Å². The summed E-state index contributed by atoms with van der Waals surface area (Å²) in [6.45, 7) is 4.94. The second-order valence-electron chi connectivity index (χ2n) is 8.83. The molecule has 0 spiro atoms. The van der Waals surface area contributed by atoms with Crippen LogP contribution in [0.5, 0.6) is 5.75 Å². The van der Waals surface area contributed by atoms with Crippen molar-refractivity contribution < 1.29 is 48.6 Å². The Bertz CT molecular complexity index is 1510. The number of allylic oxidation sites excluding steroid dienone is 7. The SMILES string of the molecule is C=C/C(F)=C(\C(F)=C/CC/C(F)=C\Cc1ccc(C)cn1)c1cc(F)c(C(F)(F)Oc2cc(F)c(F)c(F)c2)c(F)c1. The molecular formula is C30H21F10NO. The lowest BCUT2D eigenvalue weighted by Crippen LogP contribution is -2.25. The van der Waals surface area contributed by atoms with E-state index in [2.05, 4.69) is 16.3 Å². The van der Waals surface area contributed by atoms with E-state index in [-0.39, 0.29) is 43.5 Å². The Kier molecular flexibility index (Phi) is 10.4. The zero-order valence-electron chi connectivity index (χ0n) is 21.7. The molecule has 2 nitrogen and oxygen atoms in total. The fourth-order valence-electron chi connectivity index (χ4n) is 3.65. The lowest BCUT2D eigenvalue weighted by molar-refractivity contribution is -0.189. The molecule has 0 fully saturated rings. The van der Waals surface area contributed by atoms with Gasteiger partial charge in [0, 0.05) is 36.9 Å². The van der Waals surface area contributed by atoms with E-state index < -0.39 is 75.1 Å². The number of alkyl halides is 2. The van der Waals surface area contributed by atoms with Crippen molar-refractivity contribution in [2.75, 3.05) is 0 Å². The maximum atomic E-state index is 15.0. The number of hydrogen-bond acceptors (Lipinski definition) is 2. The summed E-state index contributed by atoms with van der Waals surface area (Å²) in [5, 5.41) is 0. The van der Waals surface area contributed by atoms with E-state index in [0.717, 1.165) is 11.6 Å². The number of hydrogen-bond donors (Lipinski definition) is 0. The van der Waals surface area contributed by atoms with Gasteiger partial charge in [-0.3, -0.25) is 4.98 Å². The van der Waals surface area contributed by atoms with E-state index in [9.17, 15) is 43.9 Å². The van der Waals surface area contributed by atoms with Gasteiger partial charge in [0.2, 0.25) is 0 Å². The van der Waals surface area contributed by atoms with Crippen molar-refractivity contribution in [3.8, 4) is 5.75 Å². The Hall–Kier alpha value is -4.35. The molecule has 0 radical (unpaired) electrons. The van der Waals surface area contributed by atoms with Crippen LogP contribution in [0.25, 0.3) is 5.57 Å². The van der Waals surface area contributed by atoms with Crippen LogP contribution in [-0.2, 0) is 12.5 Å². The molecular weight excluding hydrogens is 580 g/mol. The minimum Gasteiger partial charge on any atom is -0.429 e. The average molecular weight is 601 g/mol. The Morgan fingerprint density at radius 1 is 0.905 bits per heavy atom. The Labute approximate surface area is 234 Å². The molecule has 42 heavy (non-hydrogen) atoms. The molecule has 0 aliphatic heterocycles. The van der Waals surface area contributed by atoms with E-state index >= 15 is 0 Å². The van der Waals surface area contributed by atoms with E-state index in [4.69, 9.17) is 0 Å². The predicted octanol–water partition coefficient (Wildman–Crippen LogP) is 9.81. The Balaban J connectivity index is 1.83. The number of ether oxygens (including phenoxy) is 1. The van der Waals surface area contributed by atoms with Crippen LogP contribution in [0, 0.1) is 36.0 Å². The summed E-state index contributed by atoms with van der Waals surface area (Å²) in [5.74, 6) is -14.7. The maximum Gasteiger partial charge on any atom is 0.432 e. The number of pyridine rings is 1. The third kappa shape index (κ3) is 7.89. The minimum atomic E-state index is -4.91. The van der Waals surface area contributed by atoms with Gasteiger partial charge in [-0.1, -0.05) is 12.6 Å². The molecule has 0 saturated heterocycles. The normalized spacial score (nSPS) is 13.2. The summed E-state index contributed by atoms with van der Waals surface area (Å²) in [4.78, 5) is 4.11. The fraction of sp³-hybridized carbons (Fsp3) is 0.167. The number of benzene rings is 2. The number of aryl methyl sites for hydroxylation is 1. The molecule has 0 aliphatic carbocycles. The summed E-state index contributed by atoms with van der Waals surface area (Å²) in [6, 6.07) is 3.86. The third-order valence-corrected chi connectivity index (χ3v) is 5.69. The fourth-order valence-corrected chi connectivity index (χ4v) is 3.65. The van der Waals surface area contributed by atoms with Crippen molar-refractivity contribution in [2.24, 2.45) is 0 Å². The number of halogens is 10. The van der Waals surface area contributed by atoms with Crippen molar-refractivity contribution >= 4 is 5.57 Å². The maximum absolute atomic E-state index is 15.0. The summed E-state index contributed by atoms with van der Waals surface area (Å²) in [6.07, 6.45) is -1.35. The Morgan fingerprint density at radius 3 is 2.07 bits per heavy atom. The van der Waals surface area contributed by atoms with E-state index in [1.54, 1.807) is 18.3 Å². The van der Waals surface area contributed by atoms with Gasteiger partial charge >= 0.3 is 6.11 Å². The second kappa shape index (κ2) is 13.5. The molecule has 0 N–H and O–H groups in total. The topological polar surface area (TPSA) is 22.1 Å². The molecule has 2 aromatic carbocycles. The molecule has 0 bridgehead atoms. The Morgan fingerprint density at radius 2 is 1.52 bits per heavy atom. The highest BCUT2D eigenvalue weighted by molar-refractivity contribution is 5.80. The van der Waals surface area contributed by atoms with Gasteiger partial charge in [0.05, 0.1) is 11.4 Å². The highest BCUT2D eigenvalue weighted by Crippen LogP contribution is 2.39. The first-order valence-electron chi connectivity index (χ1n) is 12.1. The molecule has 12 heteroatoms. The zero-order valence-corrected chi connectivity index (χ0v) is 21.7. The van der Waals surface area contributed by atoms with Gasteiger partial charge in [-0.15, -0.1) is 0 Å². The zero-order chi connectivity index (χ0) is 31.2. The van der Waals surface area contributed by atoms with Crippen LogP contribution < -0.4 is 4.74 Å². The van der Waals surface area contributed by atoms with Crippen LogP contribution in [0.4, 0.5) is 43.9 Å². The molecule has 222 valence electrons. The molecule has 0 atom stereocenters.